The molecule has 2 rings (SSSR count). The Hall–Kier alpha value is -1.42. The summed E-state index contributed by atoms with van der Waals surface area (Å²) in [6.45, 7) is -0.0783. The minimum Gasteiger partial charge on any atom is -0.481 e. The number of carboxylic acid groups (broad SMARTS) is 1. The number of halogens is 1. The number of aliphatic carboxylic acids is 1. The van der Waals surface area contributed by atoms with Crippen LogP contribution in [0.25, 0.3) is 0 Å². The van der Waals surface area contributed by atoms with Crippen molar-refractivity contribution in [3.8, 4) is 0 Å². The van der Waals surface area contributed by atoms with Gasteiger partial charge >= 0.3 is 5.97 Å². The van der Waals surface area contributed by atoms with Crippen LogP contribution in [-0.2, 0) is 17.6 Å². The van der Waals surface area contributed by atoms with E-state index in [0.717, 1.165) is 36.8 Å². The van der Waals surface area contributed by atoms with Gasteiger partial charge in [-0.1, -0.05) is 6.07 Å². The molecule has 3 nitrogen and oxygen atoms in total. The molecule has 0 aliphatic heterocycles. The first-order chi connectivity index (χ1) is 8.13. The molecular weight excluding hydrogens is 221 g/mol. The van der Waals surface area contributed by atoms with Gasteiger partial charge in [0.1, 0.15) is 5.82 Å². The lowest BCUT2D eigenvalue weighted by atomic mass is 9.87. The van der Waals surface area contributed by atoms with Gasteiger partial charge in [0, 0.05) is 12.1 Å². The molecule has 0 saturated carbocycles. The van der Waals surface area contributed by atoms with Gasteiger partial charge in [-0.2, -0.15) is 0 Å². The molecule has 1 aromatic carbocycles. The fourth-order valence-corrected chi connectivity index (χ4v) is 2.40. The summed E-state index contributed by atoms with van der Waals surface area (Å²) in [4.78, 5) is 11.0. The Balaban J connectivity index is 2.43. The molecule has 0 fully saturated rings. The maximum absolute atomic E-state index is 13.9. The van der Waals surface area contributed by atoms with E-state index in [0.29, 0.717) is 0 Å². The summed E-state index contributed by atoms with van der Waals surface area (Å²) >= 11 is 0. The van der Waals surface area contributed by atoms with E-state index >= 15 is 0 Å². The van der Waals surface area contributed by atoms with E-state index in [1.54, 1.807) is 6.07 Å². The zero-order chi connectivity index (χ0) is 12.4. The summed E-state index contributed by atoms with van der Waals surface area (Å²) in [5.41, 5.74) is 7.71. The van der Waals surface area contributed by atoms with Crippen LogP contribution in [-0.4, -0.2) is 17.6 Å². The Morgan fingerprint density at radius 2 is 1.94 bits per heavy atom. The Labute approximate surface area is 99.4 Å². The first-order valence-electron chi connectivity index (χ1n) is 5.87. The van der Waals surface area contributed by atoms with Gasteiger partial charge in [-0.3, -0.25) is 4.79 Å². The molecule has 0 amide bonds. The highest BCUT2D eigenvalue weighted by atomic mass is 19.1. The topological polar surface area (TPSA) is 63.3 Å². The van der Waals surface area contributed by atoms with E-state index < -0.39 is 17.7 Å². The maximum atomic E-state index is 13.9. The highest BCUT2D eigenvalue weighted by molar-refractivity contribution is 5.76. The van der Waals surface area contributed by atoms with Gasteiger partial charge in [0.25, 0.3) is 0 Å². The van der Waals surface area contributed by atoms with E-state index in [2.05, 4.69) is 0 Å². The average molecular weight is 237 g/mol. The summed E-state index contributed by atoms with van der Waals surface area (Å²) in [6, 6.07) is 3.17. The fraction of sp³-hybridized carbons (Fsp3) is 0.462. The highest BCUT2D eigenvalue weighted by Gasteiger charge is 2.23. The first kappa shape index (κ1) is 12.0. The van der Waals surface area contributed by atoms with Crippen LogP contribution in [0.2, 0.25) is 0 Å². The van der Waals surface area contributed by atoms with Crippen molar-refractivity contribution in [2.75, 3.05) is 6.54 Å². The second-order valence-corrected chi connectivity index (χ2v) is 4.48. The van der Waals surface area contributed by atoms with Crippen molar-refractivity contribution in [2.45, 2.75) is 31.6 Å². The Morgan fingerprint density at radius 1 is 1.35 bits per heavy atom. The monoisotopic (exact) mass is 237 g/mol. The highest BCUT2D eigenvalue weighted by Crippen LogP contribution is 2.28. The number of carbonyl (C=O) groups is 1. The second-order valence-electron chi connectivity index (χ2n) is 4.48. The third-order valence-electron chi connectivity index (χ3n) is 3.37. The molecule has 4 heteroatoms. The van der Waals surface area contributed by atoms with Crippen molar-refractivity contribution < 1.29 is 14.3 Å². The Morgan fingerprint density at radius 3 is 2.47 bits per heavy atom. The maximum Gasteiger partial charge on any atom is 0.312 e. The molecule has 0 bridgehead atoms. The van der Waals surface area contributed by atoms with Crippen LogP contribution < -0.4 is 5.73 Å². The van der Waals surface area contributed by atoms with Crippen LogP contribution >= 0.6 is 0 Å². The number of fused-ring (bicyclic) bond motifs is 1. The summed E-state index contributed by atoms with van der Waals surface area (Å²) in [6.07, 6.45) is 3.94. The Kier molecular flexibility index (Phi) is 3.43. The van der Waals surface area contributed by atoms with Crippen LogP contribution in [0.1, 0.15) is 35.4 Å². The molecule has 1 atom stereocenters. The van der Waals surface area contributed by atoms with E-state index in [1.807, 2.05) is 0 Å². The van der Waals surface area contributed by atoms with Crippen molar-refractivity contribution >= 4 is 5.97 Å². The summed E-state index contributed by atoms with van der Waals surface area (Å²) in [7, 11) is 0. The summed E-state index contributed by atoms with van der Waals surface area (Å²) in [5, 5.41) is 9.01. The molecule has 92 valence electrons. The molecule has 0 aromatic heterocycles. The number of hydrogen-bond acceptors (Lipinski definition) is 2. The van der Waals surface area contributed by atoms with E-state index in [-0.39, 0.29) is 12.1 Å². The van der Waals surface area contributed by atoms with Crippen molar-refractivity contribution in [3.05, 3.63) is 34.6 Å². The second kappa shape index (κ2) is 4.84. The largest absolute Gasteiger partial charge is 0.481 e. The minimum atomic E-state index is -1.07. The molecule has 1 aromatic rings. The molecule has 3 N–H and O–H groups in total. The number of carboxylic acids is 1. The summed E-state index contributed by atoms with van der Waals surface area (Å²) in [5.74, 6) is -2.45. The van der Waals surface area contributed by atoms with Crippen LogP contribution in [0.5, 0.6) is 0 Å². The SMILES string of the molecule is NCC(C(=O)O)c1cc2c(cc1F)CCCC2. The molecule has 1 unspecified atom stereocenters. The third-order valence-corrected chi connectivity index (χ3v) is 3.37. The molecule has 1 aliphatic rings. The normalized spacial score (nSPS) is 16.4. The predicted octanol–water partition coefficient (Wildman–Crippen LogP) is 1.83. The smallest absolute Gasteiger partial charge is 0.312 e. The first-order valence-corrected chi connectivity index (χ1v) is 5.87. The molecule has 0 radical (unpaired) electrons. The number of nitrogens with two attached hydrogens (primary N) is 1. The molecule has 0 spiro atoms. The average Bonchev–Trinajstić information content (AvgIpc) is 2.30. The number of hydrogen-bond donors (Lipinski definition) is 2. The molecular formula is C13H16FNO2. The summed E-state index contributed by atoms with van der Waals surface area (Å²) < 4.78 is 13.9. The lowest BCUT2D eigenvalue weighted by Gasteiger charge is -2.19. The molecule has 17 heavy (non-hydrogen) atoms. The molecule has 1 aliphatic carbocycles. The lowest BCUT2D eigenvalue weighted by molar-refractivity contribution is -0.138. The fourth-order valence-electron chi connectivity index (χ4n) is 2.40. The number of aryl methyl sites for hydroxylation is 2. The van der Waals surface area contributed by atoms with Gasteiger partial charge in [0.05, 0.1) is 5.92 Å². The van der Waals surface area contributed by atoms with Gasteiger partial charge in [-0.05, 0) is 42.9 Å². The predicted molar refractivity (Wildman–Crippen MR) is 62.5 cm³/mol. The standard InChI is InChI=1S/C13H16FNO2/c14-12-6-9-4-2-1-3-8(9)5-10(12)11(7-15)13(16)17/h5-6,11H,1-4,7,15H2,(H,16,17). The molecule has 0 saturated heterocycles. The third kappa shape index (κ3) is 2.31. The number of benzene rings is 1. The van der Waals surface area contributed by atoms with Crippen LogP contribution in [0.3, 0.4) is 0 Å². The van der Waals surface area contributed by atoms with E-state index in [9.17, 15) is 9.18 Å². The Bertz CT molecular complexity index is 445. The zero-order valence-electron chi connectivity index (χ0n) is 9.58. The van der Waals surface area contributed by atoms with Crippen molar-refractivity contribution in [2.24, 2.45) is 5.73 Å². The quantitative estimate of drug-likeness (QED) is 0.843. The van der Waals surface area contributed by atoms with Crippen molar-refractivity contribution in [3.63, 3.8) is 0 Å². The lowest BCUT2D eigenvalue weighted by Crippen LogP contribution is -2.23. The van der Waals surface area contributed by atoms with Crippen molar-refractivity contribution in [1.29, 1.82) is 0 Å². The van der Waals surface area contributed by atoms with E-state index in [1.165, 1.54) is 6.07 Å². The van der Waals surface area contributed by atoms with Gasteiger partial charge in [-0.25, -0.2) is 4.39 Å². The zero-order valence-corrected chi connectivity index (χ0v) is 9.58. The minimum absolute atomic E-state index is 0.0783. The van der Waals surface area contributed by atoms with Gasteiger partial charge in [-0.15, -0.1) is 0 Å². The molecule has 0 heterocycles. The van der Waals surface area contributed by atoms with E-state index in [4.69, 9.17) is 10.8 Å². The van der Waals surface area contributed by atoms with Crippen LogP contribution in [0.15, 0.2) is 12.1 Å². The van der Waals surface area contributed by atoms with Gasteiger partial charge in [0.15, 0.2) is 0 Å². The van der Waals surface area contributed by atoms with Gasteiger partial charge in [0.2, 0.25) is 0 Å². The number of rotatable bonds is 3. The van der Waals surface area contributed by atoms with Gasteiger partial charge < -0.3 is 10.8 Å². The van der Waals surface area contributed by atoms with Crippen LogP contribution in [0, 0.1) is 5.82 Å². The van der Waals surface area contributed by atoms with Crippen molar-refractivity contribution in [1.82, 2.24) is 0 Å². The van der Waals surface area contributed by atoms with Crippen LogP contribution in [0.4, 0.5) is 4.39 Å².